The number of benzene rings is 1. The van der Waals surface area contributed by atoms with Gasteiger partial charge in [-0.05, 0) is 24.3 Å². The fourth-order valence-electron chi connectivity index (χ4n) is 4.11. The van der Waals surface area contributed by atoms with Crippen molar-refractivity contribution >= 4 is 35.3 Å². The maximum Gasteiger partial charge on any atom is 0.354 e. The number of hydrogen-bond acceptors (Lipinski definition) is 8. The first-order chi connectivity index (χ1) is 15.9. The molecule has 0 radical (unpaired) electrons. The number of fused-ring (bicyclic) bond motifs is 3. The van der Waals surface area contributed by atoms with E-state index in [0.717, 1.165) is 0 Å². The van der Waals surface area contributed by atoms with Crippen LogP contribution in [-0.4, -0.2) is 67.0 Å². The number of nitrogens with one attached hydrogen (secondary N) is 1. The molecule has 4 rings (SSSR count). The van der Waals surface area contributed by atoms with E-state index in [1.54, 1.807) is 24.3 Å². The highest BCUT2D eigenvalue weighted by Crippen LogP contribution is 2.44. The van der Waals surface area contributed by atoms with Crippen molar-refractivity contribution in [3.63, 3.8) is 0 Å². The van der Waals surface area contributed by atoms with Gasteiger partial charge in [-0.15, -0.1) is 0 Å². The molecule has 1 N–H and O–H groups in total. The highest BCUT2D eigenvalue weighted by molar-refractivity contribution is 6.15. The van der Waals surface area contributed by atoms with E-state index in [1.165, 1.54) is 35.3 Å². The Morgan fingerprint density at radius 2 is 1.94 bits per heavy atom. The predicted molar refractivity (Wildman–Crippen MR) is 111 cm³/mol. The standard InChI is InChI=1S/C22H21N3O8/c1-31-12-10-24-20(29)14-5-2-3-6-15(14)25-18(27)8-9-22(24,25)21(30)33-13-17(26)23-19(28)16-7-4-11-32-16/h2-7,11H,8-10,12-13H2,1H3,(H,23,26,28). The average Bonchev–Trinajstić information content (AvgIpc) is 3.47. The van der Waals surface area contributed by atoms with Gasteiger partial charge in [-0.2, -0.15) is 0 Å². The highest BCUT2D eigenvalue weighted by Gasteiger charge is 2.61. The van der Waals surface area contributed by atoms with Crippen molar-refractivity contribution in [2.75, 3.05) is 31.8 Å². The normalized spacial score (nSPS) is 19.2. The molecule has 1 fully saturated rings. The Hall–Kier alpha value is -3.99. The van der Waals surface area contributed by atoms with Gasteiger partial charge in [-0.25, -0.2) is 4.79 Å². The van der Waals surface area contributed by atoms with Crippen molar-refractivity contribution in [2.24, 2.45) is 0 Å². The summed E-state index contributed by atoms with van der Waals surface area (Å²) >= 11 is 0. The summed E-state index contributed by atoms with van der Waals surface area (Å²) in [5, 5.41) is 2.05. The number of imide groups is 1. The number of nitrogens with zero attached hydrogens (tertiary/aromatic N) is 2. The Kier molecular flexibility index (Phi) is 5.97. The zero-order valence-corrected chi connectivity index (χ0v) is 17.7. The monoisotopic (exact) mass is 455 g/mol. The molecule has 0 aliphatic carbocycles. The molecule has 0 bridgehead atoms. The summed E-state index contributed by atoms with van der Waals surface area (Å²) in [5.74, 6) is -3.52. The molecule has 2 aromatic rings. The molecule has 4 amide bonds. The topological polar surface area (TPSA) is 135 Å². The third-order valence-electron chi connectivity index (χ3n) is 5.55. The molecule has 33 heavy (non-hydrogen) atoms. The quantitative estimate of drug-likeness (QED) is 0.603. The number of ether oxygens (including phenoxy) is 2. The lowest BCUT2D eigenvalue weighted by Crippen LogP contribution is -2.69. The summed E-state index contributed by atoms with van der Waals surface area (Å²) in [7, 11) is 1.45. The van der Waals surface area contributed by atoms with E-state index in [4.69, 9.17) is 13.9 Å². The number of methoxy groups -OCH3 is 1. The summed E-state index contributed by atoms with van der Waals surface area (Å²) in [6, 6.07) is 9.34. The fourth-order valence-corrected chi connectivity index (χ4v) is 4.11. The second-order valence-corrected chi connectivity index (χ2v) is 7.44. The molecule has 1 aromatic heterocycles. The van der Waals surface area contributed by atoms with Gasteiger partial charge in [0.2, 0.25) is 11.6 Å². The maximum absolute atomic E-state index is 13.4. The largest absolute Gasteiger partial charge is 0.459 e. The van der Waals surface area contributed by atoms with Crippen molar-refractivity contribution in [2.45, 2.75) is 18.5 Å². The number of anilines is 1. The number of hydrogen-bond donors (Lipinski definition) is 1. The number of amides is 4. The number of para-hydroxylation sites is 1. The van der Waals surface area contributed by atoms with Crippen LogP contribution in [0.5, 0.6) is 0 Å². The SMILES string of the molecule is COCCN1C(=O)c2ccccc2N2C(=O)CCC12C(=O)OCC(=O)NC(=O)c1ccco1. The van der Waals surface area contributed by atoms with Crippen LogP contribution in [0, 0.1) is 0 Å². The van der Waals surface area contributed by atoms with Gasteiger partial charge in [0.1, 0.15) is 0 Å². The smallest absolute Gasteiger partial charge is 0.354 e. The molecule has 2 aliphatic rings. The molecule has 3 heterocycles. The second kappa shape index (κ2) is 8.87. The van der Waals surface area contributed by atoms with Crippen LogP contribution in [0.15, 0.2) is 47.1 Å². The van der Waals surface area contributed by atoms with Gasteiger partial charge < -0.3 is 18.8 Å². The van der Waals surface area contributed by atoms with Crippen LogP contribution in [0.4, 0.5) is 5.69 Å². The van der Waals surface area contributed by atoms with Crippen LogP contribution in [0.1, 0.15) is 33.8 Å². The van der Waals surface area contributed by atoms with E-state index in [-0.39, 0.29) is 43.2 Å². The minimum Gasteiger partial charge on any atom is -0.459 e. The lowest BCUT2D eigenvalue weighted by atomic mass is 9.96. The van der Waals surface area contributed by atoms with E-state index >= 15 is 0 Å². The summed E-state index contributed by atoms with van der Waals surface area (Å²) in [5.41, 5.74) is -1.19. The number of esters is 1. The number of carbonyl (C=O) groups excluding carboxylic acids is 5. The van der Waals surface area contributed by atoms with E-state index in [1.807, 2.05) is 5.32 Å². The molecule has 1 aromatic carbocycles. The van der Waals surface area contributed by atoms with Gasteiger partial charge in [0.15, 0.2) is 12.4 Å². The first-order valence-electron chi connectivity index (χ1n) is 10.2. The van der Waals surface area contributed by atoms with Gasteiger partial charge in [-0.3, -0.25) is 29.4 Å². The molecule has 1 saturated heterocycles. The molecular formula is C22H21N3O8. The molecule has 1 atom stereocenters. The van der Waals surface area contributed by atoms with Crippen molar-refractivity contribution in [3.8, 4) is 0 Å². The van der Waals surface area contributed by atoms with Gasteiger partial charge >= 0.3 is 5.97 Å². The summed E-state index contributed by atoms with van der Waals surface area (Å²) in [4.78, 5) is 66.1. The van der Waals surface area contributed by atoms with Crippen LogP contribution in [0.25, 0.3) is 0 Å². The van der Waals surface area contributed by atoms with Gasteiger partial charge in [0.25, 0.3) is 17.7 Å². The van der Waals surface area contributed by atoms with Crippen molar-refractivity contribution in [1.29, 1.82) is 0 Å². The maximum atomic E-state index is 13.4. The minimum atomic E-state index is -1.76. The Balaban J connectivity index is 1.59. The number of carbonyl (C=O) groups is 5. The van der Waals surface area contributed by atoms with E-state index in [0.29, 0.717) is 5.69 Å². The lowest BCUT2D eigenvalue weighted by Gasteiger charge is -2.48. The molecule has 0 saturated carbocycles. The van der Waals surface area contributed by atoms with Crippen LogP contribution >= 0.6 is 0 Å². The van der Waals surface area contributed by atoms with Gasteiger partial charge in [-0.1, -0.05) is 12.1 Å². The third-order valence-corrected chi connectivity index (χ3v) is 5.55. The van der Waals surface area contributed by atoms with Gasteiger partial charge in [0.05, 0.1) is 24.1 Å². The Labute approximate surface area is 188 Å². The van der Waals surface area contributed by atoms with Crippen LogP contribution in [-0.2, 0) is 23.9 Å². The second-order valence-electron chi connectivity index (χ2n) is 7.44. The Morgan fingerprint density at radius 1 is 1.15 bits per heavy atom. The Bertz CT molecular complexity index is 1110. The van der Waals surface area contributed by atoms with Crippen molar-refractivity contribution < 1.29 is 37.9 Å². The zero-order chi connectivity index (χ0) is 23.6. The fraction of sp³-hybridized carbons (Fsp3) is 0.318. The van der Waals surface area contributed by atoms with Crippen molar-refractivity contribution in [3.05, 3.63) is 54.0 Å². The van der Waals surface area contributed by atoms with Gasteiger partial charge in [0, 0.05) is 26.5 Å². The van der Waals surface area contributed by atoms with Crippen molar-refractivity contribution in [1.82, 2.24) is 10.2 Å². The number of furan rings is 1. The average molecular weight is 455 g/mol. The van der Waals surface area contributed by atoms with Crippen LogP contribution in [0.2, 0.25) is 0 Å². The minimum absolute atomic E-state index is 0.00335. The van der Waals surface area contributed by atoms with E-state index in [9.17, 15) is 24.0 Å². The first kappa shape index (κ1) is 22.2. The molecular weight excluding hydrogens is 434 g/mol. The lowest BCUT2D eigenvalue weighted by molar-refractivity contribution is -0.160. The molecule has 11 heteroatoms. The molecule has 172 valence electrons. The molecule has 0 spiro atoms. The number of rotatable bonds is 7. The summed E-state index contributed by atoms with van der Waals surface area (Å²) in [6.45, 7) is -0.655. The van der Waals surface area contributed by atoms with Crippen LogP contribution < -0.4 is 10.2 Å². The molecule has 1 unspecified atom stereocenters. The third kappa shape index (κ3) is 3.76. The van der Waals surface area contributed by atoms with E-state index < -0.39 is 36.0 Å². The highest BCUT2D eigenvalue weighted by atomic mass is 16.5. The Morgan fingerprint density at radius 3 is 2.67 bits per heavy atom. The molecule has 2 aliphatic heterocycles. The first-order valence-corrected chi connectivity index (χ1v) is 10.2. The predicted octanol–water partition coefficient (Wildman–Crippen LogP) is 0.705. The van der Waals surface area contributed by atoms with Crippen LogP contribution in [0.3, 0.4) is 0 Å². The summed E-state index contributed by atoms with van der Waals surface area (Å²) < 4.78 is 15.2. The van der Waals surface area contributed by atoms with E-state index in [2.05, 4.69) is 0 Å². The zero-order valence-electron chi connectivity index (χ0n) is 17.7. The summed E-state index contributed by atoms with van der Waals surface area (Å²) in [6.07, 6.45) is 1.27. The molecule has 11 nitrogen and oxygen atoms in total.